The maximum Gasteiger partial charge on any atom is 0.498 e. The number of rotatable bonds is 3. The van der Waals surface area contributed by atoms with Crippen molar-refractivity contribution in [1.82, 2.24) is 14.9 Å². The first-order valence-corrected chi connectivity index (χ1v) is 9.66. The van der Waals surface area contributed by atoms with Crippen LogP contribution in [0.4, 0.5) is 0 Å². The molecule has 0 unspecified atom stereocenters. The third-order valence-corrected chi connectivity index (χ3v) is 6.41. The third-order valence-electron chi connectivity index (χ3n) is 5.27. The fourth-order valence-electron chi connectivity index (χ4n) is 2.96. The van der Waals surface area contributed by atoms with Crippen molar-refractivity contribution in [2.75, 3.05) is 13.1 Å². The lowest BCUT2D eigenvalue weighted by molar-refractivity contribution is -0.129. The van der Waals surface area contributed by atoms with Crippen molar-refractivity contribution in [3.05, 3.63) is 12.4 Å². The van der Waals surface area contributed by atoms with E-state index >= 15 is 0 Å². The number of piperidine rings is 1. The maximum atomic E-state index is 11.6. The van der Waals surface area contributed by atoms with Crippen LogP contribution in [0.3, 0.4) is 0 Å². The van der Waals surface area contributed by atoms with Crippen LogP contribution in [0.2, 0.25) is 0 Å². The molecule has 0 bridgehead atoms. The summed E-state index contributed by atoms with van der Waals surface area (Å²) in [4.78, 5) is 22.4. The van der Waals surface area contributed by atoms with Gasteiger partial charge in [-0.15, -0.1) is 0 Å². The molecule has 2 aliphatic heterocycles. The standard InChI is InChI=1S/C17H26BN3O3S/c1-12(22)21-8-6-7-14(11-21)25-15-19-9-13(10-20-15)18-23-16(2,3)17(4,5)24-18/h9-10,14H,6-8,11H2,1-5H3/t14-/m1/s1. The van der Waals surface area contributed by atoms with Gasteiger partial charge in [0.05, 0.1) is 11.2 Å². The van der Waals surface area contributed by atoms with E-state index in [4.69, 9.17) is 9.31 Å². The lowest BCUT2D eigenvalue weighted by Gasteiger charge is -2.32. The molecule has 6 nitrogen and oxygen atoms in total. The van der Waals surface area contributed by atoms with Crippen LogP contribution in [0, 0.1) is 0 Å². The van der Waals surface area contributed by atoms with Crippen molar-refractivity contribution >= 4 is 30.3 Å². The zero-order valence-electron chi connectivity index (χ0n) is 15.6. The average Bonchev–Trinajstić information content (AvgIpc) is 2.76. The van der Waals surface area contributed by atoms with E-state index in [1.54, 1.807) is 31.1 Å². The minimum atomic E-state index is -0.438. The van der Waals surface area contributed by atoms with E-state index in [2.05, 4.69) is 9.97 Å². The van der Waals surface area contributed by atoms with Crippen molar-refractivity contribution in [3.63, 3.8) is 0 Å². The fourth-order valence-corrected chi connectivity index (χ4v) is 4.02. The van der Waals surface area contributed by atoms with Crippen LogP contribution in [0.5, 0.6) is 0 Å². The van der Waals surface area contributed by atoms with Gasteiger partial charge in [-0.25, -0.2) is 9.97 Å². The van der Waals surface area contributed by atoms with Gasteiger partial charge < -0.3 is 14.2 Å². The molecule has 136 valence electrons. The van der Waals surface area contributed by atoms with Gasteiger partial charge >= 0.3 is 7.12 Å². The topological polar surface area (TPSA) is 64.6 Å². The van der Waals surface area contributed by atoms with Crippen molar-refractivity contribution < 1.29 is 14.1 Å². The van der Waals surface area contributed by atoms with Crippen LogP contribution in [0.1, 0.15) is 47.5 Å². The highest BCUT2D eigenvalue weighted by atomic mass is 32.2. The second kappa shape index (κ2) is 6.89. The summed E-state index contributed by atoms with van der Waals surface area (Å²) in [6.45, 7) is 11.4. The zero-order valence-corrected chi connectivity index (χ0v) is 16.4. The van der Waals surface area contributed by atoms with E-state index in [1.807, 2.05) is 32.6 Å². The number of thioether (sulfide) groups is 1. The number of nitrogens with zero attached hydrogens (tertiary/aromatic N) is 3. The molecule has 8 heteroatoms. The smallest absolute Gasteiger partial charge is 0.399 e. The Labute approximate surface area is 154 Å². The maximum absolute atomic E-state index is 11.6. The van der Waals surface area contributed by atoms with E-state index < -0.39 is 7.12 Å². The summed E-state index contributed by atoms with van der Waals surface area (Å²) in [5.41, 5.74) is 0.0872. The molecule has 1 amide bonds. The molecule has 2 saturated heterocycles. The molecule has 2 fully saturated rings. The molecule has 0 N–H and O–H groups in total. The number of hydrogen-bond donors (Lipinski definition) is 0. The molecule has 1 atom stereocenters. The minimum absolute atomic E-state index is 0.141. The van der Waals surface area contributed by atoms with Gasteiger partial charge in [-0.1, -0.05) is 11.8 Å². The predicted molar refractivity (Wildman–Crippen MR) is 98.9 cm³/mol. The molecule has 2 aliphatic rings. The average molecular weight is 363 g/mol. The molecule has 3 rings (SSSR count). The largest absolute Gasteiger partial charge is 0.498 e. The number of hydrogen-bond acceptors (Lipinski definition) is 6. The minimum Gasteiger partial charge on any atom is -0.399 e. The summed E-state index contributed by atoms with van der Waals surface area (Å²) in [6.07, 6.45) is 5.67. The molecule has 25 heavy (non-hydrogen) atoms. The fraction of sp³-hybridized carbons (Fsp3) is 0.706. The quantitative estimate of drug-likeness (QED) is 0.604. The molecule has 0 aliphatic carbocycles. The normalized spacial score (nSPS) is 25.2. The molecule has 3 heterocycles. The highest BCUT2D eigenvalue weighted by Crippen LogP contribution is 2.36. The van der Waals surface area contributed by atoms with Gasteiger partial charge in [-0.3, -0.25) is 4.79 Å². The number of carbonyl (C=O) groups is 1. The number of carbonyl (C=O) groups excluding carboxylic acids is 1. The van der Waals surface area contributed by atoms with Gasteiger partial charge in [0.2, 0.25) is 5.91 Å². The van der Waals surface area contributed by atoms with E-state index in [-0.39, 0.29) is 17.1 Å². The first kappa shape index (κ1) is 18.7. The lowest BCUT2D eigenvalue weighted by atomic mass is 9.81. The Morgan fingerprint density at radius 3 is 2.40 bits per heavy atom. The number of amides is 1. The second-order valence-electron chi connectivity index (χ2n) is 7.73. The summed E-state index contributed by atoms with van der Waals surface area (Å²) < 4.78 is 12.1. The van der Waals surface area contributed by atoms with E-state index in [0.717, 1.165) is 36.6 Å². The highest BCUT2D eigenvalue weighted by molar-refractivity contribution is 7.99. The van der Waals surface area contributed by atoms with Gasteiger partial charge in [-0.2, -0.15) is 0 Å². The molecule has 0 saturated carbocycles. The molecule has 1 aromatic rings. The summed E-state index contributed by atoms with van der Waals surface area (Å²) >= 11 is 1.64. The van der Waals surface area contributed by atoms with E-state index in [9.17, 15) is 4.79 Å². The van der Waals surface area contributed by atoms with Crippen LogP contribution < -0.4 is 5.46 Å². The van der Waals surface area contributed by atoms with E-state index in [0.29, 0.717) is 5.25 Å². The number of aromatic nitrogens is 2. The van der Waals surface area contributed by atoms with Crippen LogP contribution in [-0.2, 0) is 14.1 Å². The van der Waals surface area contributed by atoms with E-state index in [1.165, 1.54) is 0 Å². The van der Waals surface area contributed by atoms with Crippen molar-refractivity contribution in [1.29, 1.82) is 0 Å². The first-order chi connectivity index (χ1) is 11.7. The first-order valence-electron chi connectivity index (χ1n) is 8.78. The van der Waals surface area contributed by atoms with Gasteiger partial charge in [0, 0.05) is 43.1 Å². The van der Waals surface area contributed by atoms with Crippen LogP contribution in [0.15, 0.2) is 17.6 Å². The van der Waals surface area contributed by atoms with Crippen molar-refractivity contribution in [2.24, 2.45) is 0 Å². The Bertz CT molecular complexity index is 623. The second-order valence-corrected chi connectivity index (χ2v) is 9.00. The molecule has 1 aromatic heterocycles. The van der Waals surface area contributed by atoms with Crippen molar-refractivity contribution in [2.45, 2.75) is 69.1 Å². The molecular weight excluding hydrogens is 337 g/mol. The molecule has 0 radical (unpaired) electrons. The van der Waals surface area contributed by atoms with Gasteiger partial charge in [-0.05, 0) is 40.5 Å². The van der Waals surface area contributed by atoms with Gasteiger partial charge in [0.15, 0.2) is 5.16 Å². The Morgan fingerprint density at radius 1 is 1.24 bits per heavy atom. The highest BCUT2D eigenvalue weighted by Gasteiger charge is 2.51. The van der Waals surface area contributed by atoms with Crippen molar-refractivity contribution in [3.8, 4) is 0 Å². The molecular formula is C17H26BN3O3S. The Hall–Kier alpha value is -1.12. The zero-order chi connectivity index (χ0) is 18.2. The molecule has 0 aromatic carbocycles. The summed E-state index contributed by atoms with van der Waals surface area (Å²) in [6, 6.07) is 0. The Morgan fingerprint density at radius 2 is 1.84 bits per heavy atom. The lowest BCUT2D eigenvalue weighted by Crippen LogP contribution is -2.41. The summed E-state index contributed by atoms with van der Waals surface area (Å²) in [7, 11) is -0.438. The third kappa shape index (κ3) is 4.01. The summed E-state index contributed by atoms with van der Waals surface area (Å²) in [5, 5.41) is 1.08. The van der Waals surface area contributed by atoms with Crippen LogP contribution in [0.25, 0.3) is 0 Å². The molecule has 0 spiro atoms. The number of likely N-dealkylation sites (tertiary alicyclic amines) is 1. The van der Waals surface area contributed by atoms with Gasteiger partial charge in [0.25, 0.3) is 0 Å². The summed E-state index contributed by atoms with van der Waals surface area (Å²) in [5.74, 6) is 0.141. The monoisotopic (exact) mass is 363 g/mol. The predicted octanol–water partition coefficient (Wildman–Crippen LogP) is 1.88. The Kier molecular flexibility index (Phi) is 5.15. The Balaban J connectivity index is 1.62. The van der Waals surface area contributed by atoms with Crippen LogP contribution >= 0.6 is 11.8 Å². The van der Waals surface area contributed by atoms with Crippen LogP contribution in [-0.4, -0.2) is 57.4 Å². The SMILES string of the molecule is CC(=O)N1CCC[C@@H](Sc2ncc(B3OC(C)(C)C(C)(C)O3)cn2)C1. The van der Waals surface area contributed by atoms with Gasteiger partial charge in [0.1, 0.15) is 0 Å².